The van der Waals surface area contributed by atoms with E-state index < -0.39 is 6.10 Å². The van der Waals surface area contributed by atoms with Gasteiger partial charge in [0, 0.05) is 5.56 Å². The number of ether oxygens (including phenoxy) is 1. The Bertz CT molecular complexity index is 381. The Balaban J connectivity index is 2.33. The van der Waals surface area contributed by atoms with Gasteiger partial charge in [-0.15, -0.1) is 0 Å². The summed E-state index contributed by atoms with van der Waals surface area (Å²) in [5.41, 5.74) is 2.00. The molecule has 1 aromatic carbocycles. The molecular formula is C11H11NO2. The molecule has 0 bridgehead atoms. The van der Waals surface area contributed by atoms with Gasteiger partial charge >= 0.3 is 0 Å². The number of aryl methyl sites for hydroxylation is 1. The topological polar surface area (TPSA) is 53.2 Å². The van der Waals surface area contributed by atoms with E-state index in [1.54, 1.807) is 6.07 Å². The molecule has 1 aliphatic carbocycles. The lowest BCUT2D eigenvalue weighted by molar-refractivity contribution is 0.175. The van der Waals surface area contributed by atoms with Gasteiger partial charge in [0.15, 0.2) is 6.61 Å². The first-order chi connectivity index (χ1) is 6.83. The average molecular weight is 189 g/mol. The van der Waals surface area contributed by atoms with Crippen molar-refractivity contribution in [2.75, 3.05) is 6.61 Å². The normalized spacial score (nSPS) is 18.7. The van der Waals surface area contributed by atoms with Crippen LogP contribution < -0.4 is 4.74 Å². The molecule has 3 nitrogen and oxygen atoms in total. The highest BCUT2D eigenvalue weighted by Crippen LogP contribution is 2.37. The summed E-state index contributed by atoms with van der Waals surface area (Å²) >= 11 is 0. The van der Waals surface area contributed by atoms with Crippen molar-refractivity contribution in [2.24, 2.45) is 0 Å². The quantitative estimate of drug-likeness (QED) is 0.768. The van der Waals surface area contributed by atoms with E-state index in [0.717, 1.165) is 24.0 Å². The van der Waals surface area contributed by atoms with Gasteiger partial charge in [0.05, 0.1) is 6.10 Å². The van der Waals surface area contributed by atoms with Crippen LogP contribution in [-0.2, 0) is 6.42 Å². The third kappa shape index (κ3) is 1.45. The molecule has 0 aromatic heterocycles. The second kappa shape index (κ2) is 3.69. The summed E-state index contributed by atoms with van der Waals surface area (Å²) in [6.45, 7) is 0.0309. The van der Waals surface area contributed by atoms with Gasteiger partial charge in [-0.3, -0.25) is 0 Å². The molecule has 0 heterocycles. The lowest BCUT2D eigenvalue weighted by Gasteiger charge is -2.10. The van der Waals surface area contributed by atoms with Gasteiger partial charge < -0.3 is 9.84 Å². The first-order valence-corrected chi connectivity index (χ1v) is 4.62. The molecular weight excluding hydrogens is 178 g/mol. The molecule has 0 saturated heterocycles. The number of nitrogens with zero attached hydrogens (tertiary/aromatic N) is 1. The zero-order valence-electron chi connectivity index (χ0n) is 7.73. The van der Waals surface area contributed by atoms with Crippen molar-refractivity contribution in [3.63, 3.8) is 0 Å². The van der Waals surface area contributed by atoms with Gasteiger partial charge in [0.2, 0.25) is 0 Å². The Hall–Kier alpha value is -1.53. The van der Waals surface area contributed by atoms with E-state index in [-0.39, 0.29) is 6.61 Å². The molecule has 0 radical (unpaired) electrons. The summed E-state index contributed by atoms with van der Waals surface area (Å²) in [7, 11) is 0. The molecule has 1 N–H and O–H groups in total. The maximum atomic E-state index is 9.70. The van der Waals surface area contributed by atoms with Crippen molar-refractivity contribution in [1.82, 2.24) is 0 Å². The second-order valence-corrected chi connectivity index (χ2v) is 3.33. The molecule has 14 heavy (non-hydrogen) atoms. The first-order valence-electron chi connectivity index (χ1n) is 4.62. The lowest BCUT2D eigenvalue weighted by atomic mass is 10.1. The van der Waals surface area contributed by atoms with Crippen LogP contribution in [0.2, 0.25) is 0 Å². The highest BCUT2D eigenvalue weighted by atomic mass is 16.5. The molecule has 0 aliphatic heterocycles. The van der Waals surface area contributed by atoms with Crippen LogP contribution >= 0.6 is 0 Å². The zero-order valence-corrected chi connectivity index (χ0v) is 7.73. The molecule has 1 atom stereocenters. The molecule has 72 valence electrons. The Labute approximate surface area is 82.6 Å². The number of aliphatic hydroxyl groups is 1. The average Bonchev–Trinajstić information content (AvgIpc) is 2.58. The maximum absolute atomic E-state index is 9.70. The third-order valence-electron chi connectivity index (χ3n) is 2.47. The van der Waals surface area contributed by atoms with Crippen molar-refractivity contribution in [3.05, 3.63) is 29.3 Å². The smallest absolute Gasteiger partial charge is 0.174 e. The van der Waals surface area contributed by atoms with Gasteiger partial charge in [0.25, 0.3) is 0 Å². The number of nitriles is 1. The Morgan fingerprint density at radius 3 is 3.21 bits per heavy atom. The number of benzene rings is 1. The van der Waals surface area contributed by atoms with Gasteiger partial charge in [-0.2, -0.15) is 5.26 Å². The van der Waals surface area contributed by atoms with Crippen LogP contribution in [0.1, 0.15) is 23.7 Å². The van der Waals surface area contributed by atoms with Crippen molar-refractivity contribution >= 4 is 0 Å². The SMILES string of the molecule is N#CCOc1cccc2c1C(O)CC2. The number of aliphatic hydroxyl groups excluding tert-OH is 1. The molecule has 0 amide bonds. The third-order valence-corrected chi connectivity index (χ3v) is 2.47. The van der Waals surface area contributed by atoms with Gasteiger partial charge in [-0.05, 0) is 24.5 Å². The van der Waals surface area contributed by atoms with Crippen LogP contribution in [0.15, 0.2) is 18.2 Å². The molecule has 2 rings (SSSR count). The monoisotopic (exact) mass is 189 g/mol. The van der Waals surface area contributed by atoms with Crippen molar-refractivity contribution in [2.45, 2.75) is 18.9 Å². The van der Waals surface area contributed by atoms with Crippen LogP contribution in [0.5, 0.6) is 5.75 Å². The highest BCUT2D eigenvalue weighted by molar-refractivity contribution is 5.44. The molecule has 0 saturated carbocycles. The lowest BCUT2D eigenvalue weighted by Crippen LogP contribution is -2.00. The van der Waals surface area contributed by atoms with Crippen LogP contribution in [0.3, 0.4) is 0 Å². The van der Waals surface area contributed by atoms with Crippen molar-refractivity contribution < 1.29 is 9.84 Å². The Morgan fingerprint density at radius 2 is 2.43 bits per heavy atom. The standard InChI is InChI=1S/C11H11NO2/c12-6-7-14-10-3-1-2-8-4-5-9(13)11(8)10/h1-3,9,13H,4-5,7H2. The number of rotatable bonds is 2. The van der Waals surface area contributed by atoms with E-state index in [0.29, 0.717) is 5.75 Å². The van der Waals surface area contributed by atoms with E-state index in [2.05, 4.69) is 0 Å². The fourth-order valence-corrected chi connectivity index (χ4v) is 1.86. The Kier molecular flexibility index (Phi) is 2.38. The predicted octanol–water partition coefficient (Wildman–Crippen LogP) is 1.57. The highest BCUT2D eigenvalue weighted by Gasteiger charge is 2.23. The largest absolute Gasteiger partial charge is 0.478 e. The Morgan fingerprint density at radius 1 is 1.57 bits per heavy atom. The van der Waals surface area contributed by atoms with Gasteiger partial charge in [-0.25, -0.2) is 0 Å². The van der Waals surface area contributed by atoms with Crippen LogP contribution in [-0.4, -0.2) is 11.7 Å². The maximum Gasteiger partial charge on any atom is 0.174 e. The molecule has 1 aliphatic rings. The predicted molar refractivity (Wildman–Crippen MR) is 50.8 cm³/mol. The van der Waals surface area contributed by atoms with E-state index >= 15 is 0 Å². The molecule has 3 heteroatoms. The minimum absolute atomic E-state index is 0.0309. The van der Waals surface area contributed by atoms with Crippen molar-refractivity contribution in [3.8, 4) is 11.8 Å². The summed E-state index contributed by atoms with van der Waals surface area (Å²) in [5, 5.41) is 18.1. The van der Waals surface area contributed by atoms with E-state index in [1.165, 1.54) is 0 Å². The van der Waals surface area contributed by atoms with Gasteiger partial charge in [-0.1, -0.05) is 12.1 Å². The van der Waals surface area contributed by atoms with Crippen LogP contribution in [0.4, 0.5) is 0 Å². The van der Waals surface area contributed by atoms with E-state index in [1.807, 2.05) is 18.2 Å². The number of hydrogen-bond donors (Lipinski definition) is 1. The summed E-state index contributed by atoms with van der Waals surface area (Å²) in [5.74, 6) is 0.647. The molecule has 1 unspecified atom stereocenters. The molecule has 0 spiro atoms. The summed E-state index contributed by atoms with van der Waals surface area (Å²) in [6, 6.07) is 7.60. The van der Waals surface area contributed by atoms with E-state index in [4.69, 9.17) is 10.00 Å². The van der Waals surface area contributed by atoms with E-state index in [9.17, 15) is 5.11 Å². The fourth-order valence-electron chi connectivity index (χ4n) is 1.86. The molecule has 1 aromatic rings. The summed E-state index contributed by atoms with van der Waals surface area (Å²) in [4.78, 5) is 0. The van der Waals surface area contributed by atoms with Gasteiger partial charge in [0.1, 0.15) is 11.8 Å². The number of hydrogen-bond acceptors (Lipinski definition) is 3. The second-order valence-electron chi connectivity index (χ2n) is 3.33. The minimum Gasteiger partial charge on any atom is -0.478 e. The zero-order chi connectivity index (χ0) is 9.97. The van der Waals surface area contributed by atoms with Crippen LogP contribution in [0.25, 0.3) is 0 Å². The van der Waals surface area contributed by atoms with Crippen molar-refractivity contribution in [1.29, 1.82) is 5.26 Å². The molecule has 0 fully saturated rings. The summed E-state index contributed by atoms with van der Waals surface area (Å²) in [6.07, 6.45) is 1.21. The number of fused-ring (bicyclic) bond motifs is 1. The fraction of sp³-hybridized carbons (Fsp3) is 0.364. The minimum atomic E-state index is -0.431. The first kappa shape index (κ1) is 9.04. The summed E-state index contributed by atoms with van der Waals surface area (Å²) < 4.78 is 5.25. The van der Waals surface area contributed by atoms with Crippen LogP contribution in [0, 0.1) is 11.3 Å².